The standard InChI is InChI=1S/C21H25.C14H14.C5H5.CH2.2ClH.Zr/c1-20(2,3)16-9-7-14-11-15-8-10-17(21(4,5)6)13-19(15)18(14)12-16;1-3-7-13(8-4-1)11-12-14-9-5-2-6-10-14;1-2-4-5-3-1;;;;/h7,9-10,12-13H,11H2,1-6H3;1-10H,11-12H2;1-3H,4H2;1H2;2*1H;/q-1;;-1;;;;+2. The second kappa shape index (κ2) is 19.3. The fourth-order valence-corrected chi connectivity index (χ4v) is 4.90. The molecule has 0 saturated carbocycles. The van der Waals surface area contributed by atoms with E-state index in [9.17, 15) is 0 Å². The third-order valence-corrected chi connectivity index (χ3v) is 7.50. The maximum atomic E-state index is 3.53. The predicted octanol–water partition coefficient (Wildman–Crippen LogP) is 11.2. The van der Waals surface area contributed by atoms with E-state index >= 15 is 0 Å². The first-order valence-corrected chi connectivity index (χ1v) is 16.7. The molecule has 0 amide bonds. The van der Waals surface area contributed by atoms with Gasteiger partial charge in [-0.3, -0.25) is 6.08 Å². The van der Waals surface area contributed by atoms with E-state index in [0.717, 1.165) is 25.7 Å². The van der Waals surface area contributed by atoms with Crippen molar-refractivity contribution in [2.75, 3.05) is 0 Å². The van der Waals surface area contributed by atoms with Crippen molar-refractivity contribution in [1.82, 2.24) is 0 Å². The largest absolute Gasteiger partial charge is 0.0622 e. The predicted molar refractivity (Wildman–Crippen MR) is 194 cm³/mol. The molecule has 0 heterocycles. The molecule has 4 aromatic carbocycles. The number of rotatable bonds is 3. The Morgan fingerprint density at radius 2 is 1.20 bits per heavy atom. The molecule has 0 spiro atoms. The van der Waals surface area contributed by atoms with Crippen molar-refractivity contribution in [2.45, 2.75) is 78.1 Å². The molecule has 2 aliphatic carbocycles. The van der Waals surface area contributed by atoms with Gasteiger partial charge in [0.2, 0.25) is 0 Å². The van der Waals surface area contributed by atoms with Crippen LogP contribution in [-0.2, 0) is 54.3 Å². The van der Waals surface area contributed by atoms with Crippen molar-refractivity contribution < 1.29 is 24.2 Å². The summed E-state index contributed by atoms with van der Waals surface area (Å²) in [6, 6.07) is 36.3. The third-order valence-electron chi connectivity index (χ3n) is 7.50. The summed E-state index contributed by atoms with van der Waals surface area (Å²) in [5, 5.41) is 0. The summed E-state index contributed by atoms with van der Waals surface area (Å²) in [6.07, 6.45) is 13.3. The van der Waals surface area contributed by atoms with E-state index in [1.165, 1.54) is 68.7 Å². The van der Waals surface area contributed by atoms with E-state index in [0.29, 0.717) is 0 Å². The van der Waals surface area contributed by atoms with E-state index in [1.54, 1.807) is 0 Å². The van der Waals surface area contributed by atoms with Crippen molar-refractivity contribution in [3.05, 3.63) is 155 Å². The summed E-state index contributed by atoms with van der Waals surface area (Å²) in [5.74, 6) is 0. The van der Waals surface area contributed by atoms with Gasteiger partial charge in [0.1, 0.15) is 0 Å². The molecule has 0 aliphatic heterocycles. The van der Waals surface area contributed by atoms with Crippen LogP contribution in [0.25, 0.3) is 11.1 Å². The Balaban J connectivity index is 0.000000363. The molecule has 4 aromatic rings. The van der Waals surface area contributed by atoms with Crippen LogP contribution in [0.2, 0.25) is 0 Å². The van der Waals surface area contributed by atoms with Crippen LogP contribution in [0.1, 0.15) is 81.3 Å². The average molecular weight is 703 g/mol. The van der Waals surface area contributed by atoms with Gasteiger partial charge >= 0.3 is 28.4 Å². The number of halogens is 2. The molecular formula is C41H48Cl2Zr. The fourth-order valence-electron chi connectivity index (χ4n) is 4.90. The maximum Gasteiger partial charge on any atom is -0.0238 e. The first kappa shape index (κ1) is 39.7. The summed E-state index contributed by atoms with van der Waals surface area (Å²) in [5.41, 5.74) is 11.6. The summed E-state index contributed by atoms with van der Waals surface area (Å²) < 4.78 is 3.34. The van der Waals surface area contributed by atoms with Gasteiger partial charge in [0.05, 0.1) is 0 Å². The minimum absolute atomic E-state index is 0. The molecule has 0 fully saturated rings. The molecule has 0 aromatic heterocycles. The summed E-state index contributed by atoms with van der Waals surface area (Å²) >= 11 is 1.30. The number of hydrogen-bond donors (Lipinski definition) is 0. The van der Waals surface area contributed by atoms with Gasteiger partial charge in [0, 0.05) is 0 Å². The molecule has 0 saturated heterocycles. The van der Waals surface area contributed by atoms with Crippen molar-refractivity contribution in [3.8, 4) is 11.1 Å². The molecule has 0 nitrogen and oxygen atoms in total. The molecule has 230 valence electrons. The minimum atomic E-state index is 0. The van der Waals surface area contributed by atoms with Gasteiger partial charge in [-0.2, -0.15) is 35.4 Å². The van der Waals surface area contributed by atoms with Crippen molar-refractivity contribution in [1.29, 1.82) is 0 Å². The number of aryl methyl sites for hydroxylation is 2. The van der Waals surface area contributed by atoms with Crippen molar-refractivity contribution >= 4 is 29.0 Å². The molecule has 0 radical (unpaired) electrons. The molecule has 2 aliphatic rings. The first-order valence-electron chi connectivity index (χ1n) is 14.9. The van der Waals surface area contributed by atoms with Crippen LogP contribution in [-0.4, -0.2) is 4.21 Å². The smallest absolute Gasteiger partial charge is 0.0238 e. The zero-order valence-corrected chi connectivity index (χ0v) is 31.3. The van der Waals surface area contributed by atoms with Crippen LogP contribution in [0, 0.1) is 12.1 Å². The van der Waals surface area contributed by atoms with Crippen molar-refractivity contribution in [3.63, 3.8) is 0 Å². The molecule has 0 N–H and O–H groups in total. The van der Waals surface area contributed by atoms with Gasteiger partial charge in [0.25, 0.3) is 0 Å². The van der Waals surface area contributed by atoms with E-state index < -0.39 is 0 Å². The minimum Gasteiger partial charge on any atom is -0.0622 e. The summed E-state index contributed by atoms with van der Waals surface area (Å²) in [7, 11) is 0. The van der Waals surface area contributed by atoms with Gasteiger partial charge < -0.3 is 0 Å². The normalized spacial score (nSPS) is 12.0. The quantitative estimate of drug-likeness (QED) is 0.164. The van der Waals surface area contributed by atoms with Gasteiger partial charge in [0.15, 0.2) is 0 Å². The third kappa shape index (κ3) is 12.2. The van der Waals surface area contributed by atoms with Crippen LogP contribution in [0.15, 0.2) is 109 Å². The SMILES string of the molecule is CC(C)(C)c1c[c-]c2c(c1)-c1cc(C(C)(C)C)ccc1C2.Cl.Cl.[C-]1=CC=CC1.[CH2]=[Zr+2].c1ccc(CCc2ccccc2)cc1. The molecule has 3 heteroatoms. The zero-order chi connectivity index (χ0) is 30.6. The molecule has 0 bridgehead atoms. The van der Waals surface area contributed by atoms with Gasteiger partial charge in [-0.1, -0.05) is 137 Å². The van der Waals surface area contributed by atoms with Gasteiger partial charge in [-0.05, 0) is 41.4 Å². The van der Waals surface area contributed by atoms with E-state index in [-0.39, 0.29) is 35.6 Å². The maximum absolute atomic E-state index is 3.53. The Morgan fingerprint density at radius 1 is 0.682 bits per heavy atom. The Kier molecular flexibility index (Phi) is 17.4. The Hall–Kier alpha value is -2.31. The first-order chi connectivity index (χ1) is 20.1. The Morgan fingerprint density at radius 3 is 1.64 bits per heavy atom. The molecule has 44 heavy (non-hydrogen) atoms. The van der Waals surface area contributed by atoms with Crippen LogP contribution in [0.3, 0.4) is 0 Å². The summed E-state index contributed by atoms with van der Waals surface area (Å²) in [6.45, 7) is 13.6. The average Bonchev–Trinajstić information content (AvgIpc) is 3.69. The molecule has 0 atom stereocenters. The monoisotopic (exact) mass is 700 g/mol. The fraction of sp³-hybridized carbons (Fsp3) is 0.293. The summed E-state index contributed by atoms with van der Waals surface area (Å²) in [4.78, 5) is 0. The second-order valence-corrected chi connectivity index (χ2v) is 12.8. The second-order valence-electron chi connectivity index (χ2n) is 12.8. The van der Waals surface area contributed by atoms with Crippen LogP contribution in [0.4, 0.5) is 0 Å². The van der Waals surface area contributed by atoms with Crippen molar-refractivity contribution in [2.24, 2.45) is 0 Å². The molecule has 0 unspecified atom stereocenters. The van der Waals surface area contributed by atoms with E-state index in [2.05, 4.69) is 155 Å². The Labute approximate surface area is 295 Å². The van der Waals surface area contributed by atoms with Gasteiger partial charge in [-0.15, -0.1) is 36.8 Å². The van der Waals surface area contributed by atoms with E-state index in [4.69, 9.17) is 0 Å². The van der Waals surface area contributed by atoms with Crippen LogP contribution >= 0.6 is 24.8 Å². The van der Waals surface area contributed by atoms with Crippen LogP contribution < -0.4 is 0 Å². The number of hydrogen-bond acceptors (Lipinski definition) is 0. The van der Waals surface area contributed by atoms with E-state index in [1.807, 2.05) is 12.2 Å². The van der Waals surface area contributed by atoms with Gasteiger partial charge in [-0.25, -0.2) is 12.2 Å². The number of benzene rings is 4. The number of fused-ring (bicyclic) bond motifs is 3. The number of allylic oxidation sites excluding steroid dienone is 4. The Bertz CT molecular complexity index is 1350. The molecular weight excluding hydrogens is 655 g/mol. The van der Waals surface area contributed by atoms with Crippen LogP contribution in [0.5, 0.6) is 0 Å². The zero-order valence-electron chi connectivity index (χ0n) is 27.2. The molecule has 6 rings (SSSR count). The topological polar surface area (TPSA) is 0 Å².